The number of pyridine rings is 1. The highest BCUT2D eigenvalue weighted by Crippen LogP contribution is 2.06. The fourth-order valence-electron chi connectivity index (χ4n) is 1.60. The first-order valence-electron chi connectivity index (χ1n) is 5.80. The molecule has 0 aromatic carbocycles. The van der Waals surface area contributed by atoms with Crippen LogP contribution in [-0.2, 0) is 13.6 Å². The second-order valence-corrected chi connectivity index (χ2v) is 4.14. The Morgan fingerprint density at radius 3 is 2.74 bits per heavy atom. The van der Waals surface area contributed by atoms with E-state index in [9.17, 15) is 4.79 Å². The Morgan fingerprint density at radius 2 is 2.21 bits per heavy atom. The maximum atomic E-state index is 11.9. The minimum atomic E-state index is -0.230. The SMILES string of the molecule is Cc1c(CNC(=O)c2ccc(NN)cn2)cnn1C. The third kappa shape index (κ3) is 2.89. The average molecular weight is 260 g/mol. The summed E-state index contributed by atoms with van der Waals surface area (Å²) in [6.07, 6.45) is 3.24. The van der Waals surface area contributed by atoms with Gasteiger partial charge in [0.25, 0.3) is 5.91 Å². The van der Waals surface area contributed by atoms with Crippen molar-refractivity contribution in [1.29, 1.82) is 0 Å². The highest BCUT2D eigenvalue weighted by molar-refractivity contribution is 5.92. The van der Waals surface area contributed by atoms with Gasteiger partial charge in [-0.15, -0.1) is 0 Å². The average Bonchev–Trinajstić information content (AvgIpc) is 2.76. The van der Waals surface area contributed by atoms with Crippen molar-refractivity contribution < 1.29 is 4.79 Å². The molecule has 2 aromatic heterocycles. The number of nitrogens with two attached hydrogens (primary N) is 1. The molecule has 0 aliphatic rings. The molecule has 0 radical (unpaired) electrons. The standard InChI is InChI=1S/C12H16N6O/c1-8-9(6-16-18(8)2)5-15-12(19)11-4-3-10(17-13)7-14-11/h3-4,6-7,17H,5,13H2,1-2H3,(H,15,19). The molecular weight excluding hydrogens is 244 g/mol. The van der Waals surface area contributed by atoms with E-state index in [4.69, 9.17) is 5.84 Å². The number of carbonyl (C=O) groups is 1. The van der Waals surface area contributed by atoms with Crippen LogP contribution in [0.5, 0.6) is 0 Å². The molecule has 2 heterocycles. The van der Waals surface area contributed by atoms with Crippen LogP contribution in [-0.4, -0.2) is 20.7 Å². The molecule has 0 aliphatic heterocycles. The summed E-state index contributed by atoms with van der Waals surface area (Å²) in [5, 5.41) is 6.92. The van der Waals surface area contributed by atoms with Crippen LogP contribution in [0.1, 0.15) is 21.7 Å². The van der Waals surface area contributed by atoms with Gasteiger partial charge in [-0.3, -0.25) is 15.3 Å². The molecule has 7 heteroatoms. The van der Waals surface area contributed by atoms with Crippen LogP contribution >= 0.6 is 0 Å². The van der Waals surface area contributed by atoms with Crippen LogP contribution in [0.2, 0.25) is 0 Å². The van der Waals surface area contributed by atoms with Gasteiger partial charge in [0.2, 0.25) is 0 Å². The Labute approximate surface area is 110 Å². The van der Waals surface area contributed by atoms with Crippen molar-refractivity contribution in [3.05, 3.63) is 41.5 Å². The summed E-state index contributed by atoms with van der Waals surface area (Å²) in [7, 11) is 1.86. The maximum Gasteiger partial charge on any atom is 0.270 e. The molecule has 0 fully saturated rings. The molecule has 0 spiro atoms. The number of hydrazine groups is 1. The predicted octanol–water partition coefficient (Wildman–Crippen LogP) is 0.339. The molecule has 7 nitrogen and oxygen atoms in total. The third-order valence-corrected chi connectivity index (χ3v) is 2.94. The van der Waals surface area contributed by atoms with Gasteiger partial charge in [-0.1, -0.05) is 0 Å². The van der Waals surface area contributed by atoms with Gasteiger partial charge in [0.1, 0.15) is 5.69 Å². The second-order valence-electron chi connectivity index (χ2n) is 4.14. The minimum Gasteiger partial charge on any atom is -0.346 e. The lowest BCUT2D eigenvalue weighted by Crippen LogP contribution is -2.24. The number of anilines is 1. The van der Waals surface area contributed by atoms with Gasteiger partial charge < -0.3 is 10.7 Å². The summed E-state index contributed by atoms with van der Waals surface area (Å²) in [5.74, 6) is 5.00. The van der Waals surface area contributed by atoms with Crippen molar-refractivity contribution in [3.63, 3.8) is 0 Å². The van der Waals surface area contributed by atoms with Crippen molar-refractivity contribution in [3.8, 4) is 0 Å². The Balaban J connectivity index is 1.99. The van der Waals surface area contributed by atoms with Crippen LogP contribution < -0.4 is 16.6 Å². The van der Waals surface area contributed by atoms with Crippen molar-refractivity contribution in [1.82, 2.24) is 20.1 Å². The number of hydrogen-bond donors (Lipinski definition) is 3. The first-order chi connectivity index (χ1) is 9.11. The largest absolute Gasteiger partial charge is 0.346 e. The summed E-state index contributed by atoms with van der Waals surface area (Å²) in [6.45, 7) is 2.38. The molecule has 2 rings (SSSR count). The third-order valence-electron chi connectivity index (χ3n) is 2.94. The van der Waals surface area contributed by atoms with E-state index in [-0.39, 0.29) is 5.91 Å². The summed E-state index contributed by atoms with van der Waals surface area (Å²) < 4.78 is 1.77. The number of nitrogens with zero attached hydrogens (tertiary/aromatic N) is 3. The Hall–Kier alpha value is -2.41. The number of aryl methyl sites for hydroxylation is 1. The van der Waals surface area contributed by atoms with Crippen molar-refractivity contribution in [2.75, 3.05) is 5.43 Å². The van der Waals surface area contributed by atoms with Gasteiger partial charge in [-0.25, -0.2) is 4.98 Å². The molecule has 0 unspecified atom stereocenters. The molecule has 0 saturated heterocycles. The quantitative estimate of drug-likeness (QED) is 0.544. The Morgan fingerprint density at radius 1 is 1.42 bits per heavy atom. The molecular formula is C12H16N6O. The summed E-state index contributed by atoms with van der Waals surface area (Å²) in [4.78, 5) is 15.9. The molecule has 0 atom stereocenters. The molecule has 0 bridgehead atoms. The van der Waals surface area contributed by atoms with Gasteiger partial charge >= 0.3 is 0 Å². The lowest BCUT2D eigenvalue weighted by Gasteiger charge is -2.05. The minimum absolute atomic E-state index is 0.230. The summed E-state index contributed by atoms with van der Waals surface area (Å²) in [6, 6.07) is 3.30. The van der Waals surface area contributed by atoms with Gasteiger partial charge in [-0.05, 0) is 19.1 Å². The highest BCUT2D eigenvalue weighted by atomic mass is 16.1. The fraction of sp³-hybridized carbons (Fsp3) is 0.250. The monoisotopic (exact) mass is 260 g/mol. The molecule has 4 N–H and O–H groups in total. The zero-order valence-electron chi connectivity index (χ0n) is 10.8. The molecule has 0 aliphatic carbocycles. The number of rotatable bonds is 4. The Bertz CT molecular complexity index is 574. The lowest BCUT2D eigenvalue weighted by atomic mass is 10.2. The van der Waals surface area contributed by atoms with E-state index in [1.807, 2.05) is 14.0 Å². The maximum absolute atomic E-state index is 11.9. The van der Waals surface area contributed by atoms with E-state index in [0.29, 0.717) is 17.9 Å². The smallest absolute Gasteiger partial charge is 0.270 e. The van der Waals surface area contributed by atoms with Gasteiger partial charge in [0, 0.05) is 24.8 Å². The zero-order chi connectivity index (χ0) is 13.8. The number of amides is 1. The number of carbonyl (C=O) groups excluding carboxylic acids is 1. The zero-order valence-corrected chi connectivity index (χ0v) is 10.8. The normalized spacial score (nSPS) is 10.3. The molecule has 19 heavy (non-hydrogen) atoms. The van der Waals surface area contributed by atoms with Crippen molar-refractivity contribution >= 4 is 11.6 Å². The molecule has 1 amide bonds. The first kappa shape index (κ1) is 13.0. The van der Waals surface area contributed by atoms with Crippen LogP contribution in [0, 0.1) is 6.92 Å². The van der Waals surface area contributed by atoms with Crippen LogP contribution in [0.15, 0.2) is 24.5 Å². The lowest BCUT2D eigenvalue weighted by molar-refractivity contribution is 0.0946. The first-order valence-corrected chi connectivity index (χ1v) is 5.80. The summed E-state index contributed by atoms with van der Waals surface area (Å²) in [5.41, 5.74) is 5.46. The van der Waals surface area contributed by atoms with Crippen molar-refractivity contribution in [2.45, 2.75) is 13.5 Å². The second kappa shape index (κ2) is 5.49. The number of nitrogens with one attached hydrogen (secondary N) is 2. The van der Waals surface area contributed by atoms with Gasteiger partial charge in [-0.2, -0.15) is 5.10 Å². The molecule has 100 valence electrons. The van der Waals surface area contributed by atoms with E-state index in [1.54, 1.807) is 23.0 Å². The van der Waals surface area contributed by atoms with E-state index < -0.39 is 0 Å². The number of hydrogen-bond acceptors (Lipinski definition) is 5. The van der Waals surface area contributed by atoms with E-state index >= 15 is 0 Å². The van der Waals surface area contributed by atoms with Crippen LogP contribution in [0.25, 0.3) is 0 Å². The van der Waals surface area contributed by atoms with Crippen molar-refractivity contribution in [2.24, 2.45) is 12.9 Å². The number of aromatic nitrogens is 3. The number of nitrogen functional groups attached to an aromatic ring is 1. The van der Waals surface area contributed by atoms with Crippen LogP contribution in [0.3, 0.4) is 0 Å². The van der Waals surface area contributed by atoms with Crippen LogP contribution in [0.4, 0.5) is 5.69 Å². The van der Waals surface area contributed by atoms with E-state index in [2.05, 4.69) is 20.8 Å². The fourth-order valence-corrected chi connectivity index (χ4v) is 1.60. The Kier molecular flexibility index (Phi) is 3.76. The molecule has 0 saturated carbocycles. The predicted molar refractivity (Wildman–Crippen MR) is 71.2 cm³/mol. The highest BCUT2D eigenvalue weighted by Gasteiger charge is 2.09. The molecule has 2 aromatic rings. The summed E-state index contributed by atoms with van der Waals surface area (Å²) >= 11 is 0. The topological polar surface area (TPSA) is 97.9 Å². The van der Waals surface area contributed by atoms with Gasteiger partial charge in [0.15, 0.2) is 0 Å². The van der Waals surface area contributed by atoms with Gasteiger partial charge in [0.05, 0.1) is 18.1 Å². The van der Waals surface area contributed by atoms with E-state index in [1.165, 1.54) is 6.20 Å². The van der Waals surface area contributed by atoms with E-state index in [0.717, 1.165) is 11.3 Å².